The smallest absolute Gasteiger partial charge is 0.310 e. The van der Waals surface area contributed by atoms with Crippen LogP contribution in [0.2, 0.25) is 0 Å². The molecule has 5 nitrogen and oxygen atoms in total. The van der Waals surface area contributed by atoms with Gasteiger partial charge in [0, 0.05) is 13.2 Å². The van der Waals surface area contributed by atoms with Crippen molar-refractivity contribution in [3.05, 3.63) is 12.7 Å². The fourth-order valence-corrected chi connectivity index (χ4v) is 2.49. The van der Waals surface area contributed by atoms with E-state index in [-0.39, 0.29) is 6.16 Å². The van der Waals surface area contributed by atoms with Gasteiger partial charge in [-0.2, -0.15) is 0 Å². The molecule has 106 valence electrons. The van der Waals surface area contributed by atoms with Crippen LogP contribution >= 0.6 is 7.60 Å². The van der Waals surface area contributed by atoms with Crippen molar-refractivity contribution in [2.24, 2.45) is 0 Å². The molecular weight excluding hydrogens is 255 g/mol. The van der Waals surface area contributed by atoms with Gasteiger partial charge < -0.3 is 4.52 Å². The zero-order valence-electron chi connectivity index (χ0n) is 11.2. The first-order chi connectivity index (χ1) is 8.58. The molecule has 0 saturated heterocycles. The highest BCUT2D eigenvalue weighted by atomic mass is 31.2. The highest BCUT2D eigenvalue weighted by Gasteiger charge is 2.25. The summed E-state index contributed by atoms with van der Waals surface area (Å²) in [4.78, 5) is 15.1. The van der Waals surface area contributed by atoms with Crippen LogP contribution in [-0.4, -0.2) is 19.2 Å². The SMILES string of the molecule is C=CC(=O)OOP(=O)(CCCCCCCC)OC. The molecule has 0 N–H and O–H groups in total. The number of carbonyl (C=O) groups is 1. The minimum absolute atomic E-state index is 0.250. The first kappa shape index (κ1) is 17.4. The average Bonchev–Trinajstić information content (AvgIpc) is 2.40. The molecule has 0 fully saturated rings. The lowest BCUT2D eigenvalue weighted by Crippen LogP contribution is -2.04. The maximum atomic E-state index is 11.9. The van der Waals surface area contributed by atoms with Gasteiger partial charge in [0.25, 0.3) is 0 Å². The third-order valence-corrected chi connectivity index (χ3v) is 4.19. The molecule has 0 amide bonds. The Morgan fingerprint density at radius 3 is 2.39 bits per heavy atom. The fourth-order valence-electron chi connectivity index (χ4n) is 1.37. The molecule has 0 heterocycles. The van der Waals surface area contributed by atoms with E-state index in [9.17, 15) is 9.36 Å². The number of hydrogen-bond donors (Lipinski definition) is 0. The largest absolute Gasteiger partial charge is 0.369 e. The average molecular weight is 278 g/mol. The second-order valence-electron chi connectivity index (χ2n) is 3.97. The molecule has 0 aliphatic heterocycles. The van der Waals surface area contributed by atoms with E-state index in [4.69, 9.17) is 4.52 Å². The van der Waals surface area contributed by atoms with E-state index >= 15 is 0 Å². The lowest BCUT2D eigenvalue weighted by atomic mass is 10.1. The third kappa shape index (κ3) is 8.45. The van der Waals surface area contributed by atoms with Gasteiger partial charge in [-0.05, 0) is 6.42 Å². The predicted molar refractivity (Wildman–Crippen MR) is 70.2 cm³/mol. The van der Waals surface area contributed by atoms with Crippen LogP contribution in [0.4, 0.5) is 0 Å². The van der Waals surface area contributed by atoms with Crippen LogP contribution in [0.15, 0.2) is 12.7 Å². The summed E-state index contributed by atoms with van der Waals surface area (Å²) < 4.78 is 21.3. The summed E-state index contributed by atoms with van der Waals surface area (Å²) in [5, 5.41) is 0. The molecule has 6 heteroatoms. The zero-order chi connectivity index (χ0) is 13.9. The van der Waals surface area contributed by atoms with Gasteiger partial charge in [-0.3, -0.25) is 9.45 Å². The molecule has 1 atom stereocenters. The minimum Gasteiger partial charge on any atom is -0.310 e. The molecule has 0 aliphatic rings. The lowest BCUT2D eigenvalue weighted by molar-refractivity contribution is -0.211. The minimum atomic E-state index is -3.31. The van der Waals surface area contributed by atoms with Crippen LogP contribution < -0.4 is 0 Å². The Bertz CT molecular complexity index is 290. The first-order valence-corrected chi connectivity index (χ1v) is 7.98. The van der Waals surface area contributed by atoms with Crippen LogP contribution in [-0.2, 0) is 23.4 Å². The quantitative estimate of drug-likeness (QED) is 0.189. The molecule has 18 heavy (non-hydrogen) atoms. The number of unbranched alkanes of at least 4 members (excludes halogenated alkanes) is 5. The Morgan fingerprint density at radius 1 is 1.22 bits per heavy atom. The van der Waals surface area contributed by atoms with Crippen molar-refractivity contribution in [1.29, 1.82) is 0 Å². The standard InChI is InChI=1S/C12H23O5P/c1-4-6-7-8-9-10-11-18(14,15-3)17-16-12(13)5-2/h5H,2,4,6-11H2,1,3H3. The van der Waals surface area contributed by atoms with E-state index in [2.05, 4.69) is 23.1 Å². The monoisotopic (exact) mass is 278 g/mol. The van der Waals surface area contributed by atoms with Gasteiger partial charge in [0.1, 0.15) is 0 Å². The van der Waals surface area contributed by atoms with Crippen LogP contribution in [0.25, 0.3) is 0 Å². The topological polar surface area (TPSA) is 61.8 Å². The summed E-state index contributed by atoms with van der Waals surface area (Å²) in [7, 11) is -2.04. The van der Waals surface area contributed by atoms with Crippen molar-refractivity contribution < 1.29 is 23.4 Å². The van der Waals surface area contributed by atoms with Crippen molar-refractivity contribution in [2.75, 3.05) is 13.3 Å². The van der Waals surface area contributed by atoms with Crippen molar-refractivity contribution >= 4 is 13.6 Å². The molecule has 1 unspecified atom stereocenters. The highest BCUT2D eigenvalue weighted by Crippen LogP contribution is 2.48. The number of hydrogen-bond acceptors (Lipinski definition) is 5. The van der Waals surface area contributed by atoms with Crippen LogP contribution in [0.1, 0.15) is 45.4 Å². The Morgan fingerprint density at radius 2 is 1.83 bits per heavy atom. The Kier molecular flexibility index (Phi) is 9.93. The Hall–Kier alpha value is -0.640. The third-order valence-electron chi connectivity index (χ3n) is 2.46. The molecule has 0 rings (SSSR count). The summed E-state index contributed by atoms with van der Waals surface area (Å²) in [6.07, 6.45) is 7.56. The Balaban J connectivity index is 3.82. The van der Waals surface area contributed by atoms with Crippen LogP contribution in [0.3, 0.4) is 0 Å². The number of carbonyl (C=O) groups excluding carboxylic acids is 1. The van der Waals surface area contributed by atoms with Crippen LogP contribution in [0.5, 0.6) is 0 Å². The van der Waals surface area contributed by atoms with Crippen LogP contribution in [0, 0.1) is 0 Å². The second kappa shape index (κ2) is 10.3. The molecule has 0 bridgehead atoms. The van der Waals surface area contributed by atoms with Gasteiger partial charge in [-0.1, -0.05) is 50.3 Å². The molecule has 0 aromatic heterocycles. The lowest BCUT2D eigenvalue weighted by Gasteiger charge is -2.13. The summed E-state index contributed by atoms with van der Waals surface area (Å²) in [6.45, 7) is 5.36. The van der Waals surface area contributed by atoms with E-state index in [0.29, 0.717) is 0 Å². The Labute approximate surface area is 109 Å². The summed E-state index contributed by atoms with van der Waals surface area (Å²) in [5.41, 5.74) is 0. The maximum Gasteiger partial charge on any atom is 0.369 e. The van der Waals surface area contributed by atoms with Gasteiger partial charge in [0.15, 0.2) is 0 Å². The van der Waals surface area contributed by atoms with Gasteiger partial charge in [-0.25, -0.2) is 4.79 Å². The summed E-state index contributed by atoms with van der Waals surface area (Å²) in [6, 6.07) is 0. The summed E-state index contributed by atoms with van der Waals surface area (Å²) in [5.74, 6) is -0.782. The van der Waals surface area contributed by atoms with Gasteiger partial charge in [-0.15, -0.1) is 0 Å². The van der Waals surface area contributed by atoms with E-state index in [1.54, 1.807) is 0 Å². The van der Waals surface area contributed by atoms with E-state index in [1.165, 1.54) is 26.4 Å². The van der Waals surface area contributed by atoms with Gasteiger partial charge in [0.05, 0.1) is 6.16 Å². The van der Waals surface area contributed by atoms with Crippen molar-refractivity contribution in [1.82, 2.24) is 0 Å². The van der Waals surface area contributed by atoms with E-state index in [1.807, 2.05) is 0 Å². The summed E-state index contributed by atoms with van der Waals surface area (Å²) >= 11 is 0. The van der Waals surface area contributed by atoms with Gasteiger partial charge in [0.2, 0.25) is 0 Å². The maximum absolute atomic E-state index is 11.9. The number of rotatable bonds is 11. The predicted octanol–water partition coefficient (Wildman–Crippen LogP) is 3.85. The molecule has 0 aromatic rings. The molecule has 0 radical (unpaired) electrons. The normalized spacial score (nSPS) is 13.9. The van der Waals surface area contributed by atoms with Crippen molar-refractivity contribution in [3.63, 3.8) is 0 Å². The zero-order valence-corrected chi connectivity index (χ0v) is 12.1. The van der Waals surface area contributed by atoms with Gasteiger partial charge >= 0.3 is 13.6 Å². The first-order valence-electron chi connectivity index (χ1n) is 6.25. The fraction of sp³-hybridized carbons (Fsp3) is 0.750. The molecular formula is C12H23O5P. The van der Waals surface area contributed by atoms with Crippen molar-refractivity contribution in [3.8, 4) is 0 Å². The highest BCUT2D eigenvalue weighted by molar-refractivity contribution is 7.53. The molecule has 0 aromatic carbocycles. The molecule has 0 spiro atoms. The van der Waals surface area contributed by atoms with E-state index in [0.717, 1.165) is 25.3 Å². The second-order valence-corrected chi connectivity index (χ2v) is 6.15. The van der Waals surface area contributed by atoms with Crippen molar-refractivity contribution in [2.45, 2.75) is 45.4 Å². The molecule has 0 saturated carbocycles. The van der Waals surface area contributed by atoms with E-state index < -0.39 is 13.6 Å². The molecule has 0 aliphatic carbocycles.